The SMILES string of the molecule is Cc1ccc(-c2cc(Br)cc(C(=O)O)c2)c(C)c1. The van der Waals surface area contributed by atoms with Gasteiger partial charge in [-0.1, -0.05) is 39.7 Å². The van der Waals surface area contributed by atoms with Crippen LogP contribution in [0.15, 0.2) is 40.9 Å². The number of aryl methyl sites for hydroxylation is 2. The van der Waals surface area contributed by atoms with E-state index in [2.05, 4.69) is 22.0 Å². The minimum Gasteiger partial charge on any atom is -0.478 e. The standard InChI is InChI=1S/C15H13BrO2/c1-9-3-4-14(10(2)5-9)11-6-12(15(17)18)8-13(16)7-11/h3-8H,1-2H3,(H,17,18). The van der Waals surface area contributed by atoms with Crippen LogP contribution in [-0.4, -0.2) is 11.1 Å². The maximum Gasteiger partial charge on any atom is 0.335 e. The molecule has 0 aliphatic heterocycles. The van der Waals surface area contributed by atoms with E-state index < -0.39 is 5.97 Å². The number of benzene rings is 2. The summed E-state index contributed by atoms with van der Waals surface area (Å²) in [5.74, 6) is -0.915. The van der Waals surface area contributed by atoms with Crippen molar-refractivity contribution in [3.63, 3.8) is 0 Å². The molecule has 18 heavy (non-hydrogen) atoms. The normalized spacial score (nSPS) is 10.4. The highest BCUT2D eigenvalue weighted by molar-refractivity contribution is 9.10. The van der Waals surface area contributed by atoms with E-state index in [-0.39, 0.29) is 0 Å². The van der Waals surface area contributed by atoms with Gasteiger partial charge in [-0.3, -0.25) is 0 Å². The molecule has 1 N–H and O–H groups in total. The highest BCUT2D eigenvalue weighted by Crippen LogP contribution is 2.28. The lowest BCUT2D eigenvalue weighted by atomic mass is 9.97. The Morgan fingerprint density at radius 1 is 1.11 bits per heavy atom. The summed E-state index contributed by atoms with van der Waals surface area (Å²) in [6.45, 7) is 4.07. The number of carbonyl (C=O) groups is 1. The molecule has 0 atom stereocenters. The molecule has 2 nitrogen and oxygen atoms in total. The van der Waals surface area contributed by atoms with E-state index in [0.29, 0.717) is 5.56 Å². The van der Waals surface area contributed by atoms with Crippen molar-refractivity contribution in [1.29, 1.82) is 0 Å². The Morgan fingerprint density at radius 2 is 1.83 bits per heavy atom. The molecular formula is C15H13BrO2. The first kappa shape index (κ1) is 12.8. The lowest BCUT2D eigenvalue weighted by Crippen LogP contribution is -1.97. The third kappa shape index (κ3) is 2.62. The molecule has 0 radical (unpaired) electrons. The quantitative estimate of drug-likeness (QED) is 0.891. The molecule has 2 rings (SSSR count). The van der Waals surface area contributed by atoms with Crippen molar-refractivity contribution in [3.05, 3.63) is 57.6 Å². The van der Waals surface area contributed by atoms with Crippen LogP contribution in [-0.2, 0) is 0 Å². The summed E-state index contributed by atoms with van der Waals surface area (Å²) in [6.07, 6.45) is 0. The fourth-order valence-corrected chi connectivity index (χ4v) is 2.50. The molecule has 3 heteroatoms. The number of hydrogen-bond acceptors (Lipinski definition) is 1. The first-order valence-corrected chi connectivity index (χ1v) is 6.38. The average Bonchev–Trinajstić information content (AvgIpc) is 2.27. The van der Waals surface area contributed by atoms with Gasteiger partial charge in [0.25, 0.3) is 0 Å². The van der Waals surface area contributed by atoms with E-state index >= 15 is 0 Å². The zero-order valence-electron chi connectivity index (χ0n) is 10.2. The number of carboxylic acids is 1. The van der Waals surface area contributed by atoms with Crippen molar-refractivity contribution in [1.82, 2.24) is 0 Å². The van der Waals surface area contributed by atoms with E-state index in [1.54, 1.807) is 12.1 Å². The van der Waals surface area contributed by atoms with Crippen molar-refractivity contribution in [3.8, 4) is 11.1 Å². The van der Waals surface area contributed by atoms with Gasteiger partial charge in [0.15, 0.2) is 0 Å². The minimum absolute atomic E-state index is 0.291. The topological polar surface area (TPSA) is 37.3 Å². The lowest BCUT2D eigenvalue weighted by molar-refractivity contribution is 0.0697. The van der Waals surface area contributed by atoms with E-state index in [1.165, 1.54) is 5.56 Å². The molecule has 0 aromatic heterocycles. The van der Waals surface area contributed by atoms with Gasteiger partial charge in [0.05, 0.1) is 5.56 Å². The zero-order valence-corrected chi connectivity index (χ0v) is 11.8. The molecule has 0 unspecified atom stereocenters. The molecule has 0 heterocycles. The number of halogens is 1. The van der Waals surface area contributed by atoms with E-state index in [4.69, 9.17) is 5.11 Å². The van der Waals surface area contributed by atoms with Gasteiger partial charge >= 0.3 is 5.97 Å². The summed E-state index contributed by atoms with van der Waals surface area (Å²) in [6, 6.07) is 11.4. The Balaban J connectivity index is 2.60. The van der Waals surface area contributed by atoms with Gasteiger partial charge in [0, 0.05) is 4.47 Å². The van der Waals surface area contributed by atoms with Crippen molar-refractivity contribution in [2.45, 2.75) is 13.8 Å². The first-order valence-electron chi connectivity index (χ1n) is 5.59. The Hall–Kier alpha value is -1.61. The van der Waals surface area contributed by atoms with Gasteiger partial charge < -0.3 is 5.11 Å². The van der Waals surface area contributed by atoms with Gasteiger partial charge in [-0.05, 0) is 48.7 Å². The summed E-state index contributed by atoms with van der Waals surface area (Å²) < 4.78 is 0.775. The maximum absolute atomic E-state index is 11.1. The number of rotatable bonds is 2. The summed E-state index contributed by atoms with van der Waals surface area (Å²) in [4.78, 5) is 11.1. The van der Waals surface area contributed by atoms with Crippen molar-refractivity contribution >= 4 is 21.9 Å². The minimum atomic E-state index is -0.915. The first-order chi connectivity index (χ1) is 8.47. The van der Waals surface area contributed by atoms with Crippen LogP contribution in [0, 0.1) is 13.8 Å². The highest BCUT2D eigenvalue weighted by atomic mass is 79.9. The molecule has 0 aliphatic rings. The second-order valence-electron chi connectivity index (χ2n) is 4.35. The van der Waals surface area contributed by atoms with E-state index in [9.17, 15) is 4.79 Å². The third-order valence-electron chi connectivity index (χ3n) is 2.84. The second-order valence-corrected chi connectivity index (χ2v) is 5.27. The molecule has 0 aliphatic carbocycles. The molecule has 0 spiro atoms. The van der Waals surface area contributed by atoms with Crippen LogP contribution in [0.25, 0.3) is 11.1 Å². The predicted octanol–water partition coefficient (Wildman–Crippen LogP) is 4.43. The molecular weight excluding hydrogens is 292 g/mol. The van der Waals surface area contributed by atoms with Crippen molar-refractivity contribution in [2.75, 3.05) is 0 Å². The zero-order chi connectivity index (χ0) is 13.3. The highest BCUT2D eigenvalue weighted by Gasteiger charge is 2.09. The summed E-state index contributed by atoms with van der Waals surface area (Å²) in [5.41, 5.74) is 4.61. The third-order valence-corrected chi connectivity index (χ3v) is 3.30. The van der Waals surface area contributed by atoms with Crippen LogP contribution >= 0.6 is 15.9 Å². The maximum atomic E-state index is 11.1. The molecule has 92 valence electrons. The molecule has 0 saturated carbocycles. The van der Waals surface area contributed by atoms with Crippen LogP contribution in [0.3, 0.4) is 0 Å². The van der Waals surface area contributed by atoms with Gasteiger partial charge in [0.1, 0.15) is 0 Å². The predicted molar refractivity (Wildman–Crippen MR) is 76.0 cm³/mol. The van der Waals surface area contributed by atoms with Crippen LogP contribution in [0.5, 0.6) is 0 Å². The van der Waals surface area contributed by atoms with Gasteiger partial charge in [-0.15, -0.1) is 0 Å². The average molecular weight is 305 g/mol. The number of aromatic carboxylic acids is 1. The molecule has 0 saturated heterocycles. The van der Waals surface area contributed by atoms with E-state index in [1.807, 2.05) is 32.0 Å². The smallest absolute Gasteiger partial charge is 0.335 e. The Kier molecular flexibility index (Phi) is 3.53. The largest absolute Gasteiger partial charge is 0.478 e. The molecule has 0 bridgehead atoms. The molecule has 2 aromatic rings. The second kappa shape index (κ2) is 4.94. The van der Waals surface area contributed by atoms with Crippen LogP contribution in [0.2, 0.25) is 0 Å². The van der Waals surface area contributed by atoms with Gasteiger partial charge in [0.2, 0.25) is 0 Å². The fraction of sp³-hybridized carbons (Fsp3) is 0.133. The van der Waals surface area contributed by atoms with Crippen molar-refractivity contribution < 1.29 is 9.90 Å². The van der Waals surface area contributed by atoms with Gasteiger partial charge in [-0.25, -0.2) is 4.79 Å². The monoisotopic (exact) mass is 304 g/mol. The summed E-state index contributed by atoms with van der Waals surface area (Å²) in [7, 11) is 0. The van der Waals surface area contributed by atoms with Gasteiger partial charge in [-0.2, -0.15) is 0 Å². The molecule has 0 amide bonds. The fourth-order valence-electron chi connectivity index (χ4n) is 2.01. The number of carboxylic acid groups (broad SMARTS) is 1. The summed E-state index contributed by atoms with van der Waals surface area (Å²) in [5, 5.41) is 9.07. The molecule has 0 fully saturated rings. The van der Waals surface area contributed by atoms with E-state index in [0.717, 1.165) is 21.2 Å². The Morgan fingerprint density at radius 3 is 2.44 bits per heavy atom. The van der Waals surface area contributed by atoms with Crippen LogP contribution in [0.4, 0.5) is 0 Å². The lowest BCUT2D eigenvalue weighted by Gasteiger charge is -2.09. The Bertz CT molecular complexity index is 618. The number of hydrogen-bond donors (Lipinski definition) is 1. The Labute approximate surface area is 114 Å². The van der Waals surface area contributed by atoms with Crippen LogP contribution in [0.1, 0.15) is 21.5 Å². The molecule has 2 aromatic carbocycles. The van der Waals surface area contributed by atoms with Crippen molar-refractivity contribution in [2.24, 2.45) is 0 Å². The summed E-state index contributed by atoms with van der Waals surface area (Å²) >= 11 is 3.35. The van der Waals surface area contributed by atoms with Crippen LogP contribution < -0.4 is 0 Å².